The van der Waals surface area contributed by atoms with Crippen LogP contribution in [0.25, 0.3) is 0 Å². The second kappa shape index (κ2) is 7.51. The average Bonchev–Trinajstić information content (AvgIpc) is 2.50. The first-order valence-electron chi connectivity index (χ1n) is 7.19. The van der Waals surface area contributed by atoms with Gasteiger partial charge in [-0.2, -0.15) is 0 Å². The molecule has 1 unspecified atom stereocenters. The Hall–Kier alpha value is -1.25. The van der Waals surface area contributed by atoms with Gasteiger partial charge in [-0.1, -0.05) is 49.4 Å². The molecule has 2 aromatic carbocycles. The minimum absolute atomic E-state index is 0.395. The van der Waals surface area contributed by atoms with Gasteiger partial charge in [0.05, 0.1) is 0 Å². The first-order chi connectivity index (χ1) is 9.74. The smallest absolute Gasteiger partial charge is 0.0413 e. The lowest BCUT2D eigenvalue weighted by Crippen LogP contribution is -2.18. The van der Waals surface area contributed by atoms with Crippen molar-refractivity contribution in [3.63, 3.8) is 0 Å². The van der Waals surface area contributed by atoms with E-state index in [1.54, 1.807) is 0 Å². The molecular formula is C18H23NS. The highest BCUT2D eigenvalue weighted by Crippen LogP contribution is 2.27. The quantitative estimate of drug-likeness (QED) is 0.778. The van der Waals surface area contributed by atoms with E-state index in [2.05, 4.69) is 67.7 Å². The van der Waals surface area contributed by atoms with E-state index in [9.17, 15) is 0 Å². The summed E-state index contributed by atoms with van der Waals surface area (Å²) in [4.78, 5) is 1.37. The Kier molecular flexibility index (Phi) is 5.69. The Morgan fingerprint density at radius 1 is 1.10 bits per heavy atom. The minimum atomic E-state index is 0.395. The third-order valence-electron chi connectivity index (χ3n) is 3.61. The van der Waals surface area contributed by atoms with Crippen LogP contribution in [0, 0.1) is 6.92 Å². The molecule has 1 nitrogen and oxygen atoms in total. The highest BCUT2D eigenvalue weighted by atomic mass is 32.2. The first-order valence-corrected chi connectivity index (χ1v) is 8.17. The van der Waals surface area contributed by atoms with Gasteiger partial charge in [-0.3, -0.25) is 0 Å². The molecule has 20 heavy (non-hydrogen) atoms. The third-order valence-corrected chi connectivity index (χ3v) is 4.88. The van der Waals surface area contributed by atoms with Crippen LogP contribution in [0.5, 0.6) is 0 Å². The van der Waals surface area contributed by atoms with Crippen LogP contribution in [0.4, 0.5) is 0 Å². The summed E-state index contributed by atoms with van der Waals surface area (Å²) in [5.41, 5.74) is 4.14. The van der Waals surface area contributed by atoms with Crippen molar-refractivity contribution in [2.24, 2.45) is 0 Å². The van der Waals surface area contributed by atoms with Gasteiger partial charge in [0.25, 0.3) is 0 Å². The summed E-state index contributed by atoms with van der Waals surface area (Å²) < 4.78 is 0. The second-order valence-corrected chi connectivity index (χ2v) is 6.08. The van der Waals surface area contributed by atoms with Crippen molar-refractivity contribution in [1.29, 1.82) is 0 Å². The molecule has 2 heteroatoms. The van der Waals surface area contributed by atoms with Crippen molar-refractivity contribution in [2.75, 3.05) is 12.8 Å². The molecular weight excluding hydrogens is 262 g/mol. The van der Waals surface area contributed by atoms with Gasteiger partial charge in [0, 0.05) is 16.7 Å². The zero-order valence-electron chi connectivity index (χ0n) is 12.5. The summed E-state index contributed by atoms with van der Waals surface area (Å²) in [7, 11) is 2.04. The fraction of sp³-hybridized carbons (Fsp3) is 0.333. The van der Waals surface area contributed by atoms with Gasteiger partial charge in [-0.25, -0.2) is 0 Å². The molecule has 1 atom stereocenters. The van der Waals surface area contributed by atoms with Crippen LogP contribution < -0.4 is 5.32 Å². The topological polar surface area (TPSA) is 12.0 Å². The van der Waals surface area contributed by atoms with E-state index in [0.717, 1.165) is 12.2 Å². The monoisotopic (exact) mass is 285 g/mol. The predicted molar refractivity (Wildman–Crippen MR) is 89.5 cm³/mol. The van der Waals surface area contributed by atoms with Gasteiger partial charge in [0.1, 0.15) is 0 Å². The third kappa shape index (κ3) is 3.87. The van der Waals surface area contributed by atoms with E-state index in [4.69, 9.17) is 0 Å². The van der Waals surface area contributed by atoms with Crippen LogP contribution in [0.15, 0.2) is 53.4 Å². The van der Waals surface area contributed by atoms with Crippen LogP contribution in [0.3, 0.4) is 0 Å². The molecule has 0 aliphatic heterocycles. The summed E-state index contributed by atoms with van der Waals surface area (Å²) in [5.74, 6) is 1.05. The predicted octanol–water partition coefficient (Wildman–Crippen LogP) is 4.61. The van der Waals surface area contributed by atoms with Gasteiger partial charge in [0.2, 0.25) is 0 Å². The Morgan fingerprint density at radius 3 is 2.60 bits per heavy atom. The van der Waals surface area contributed by atoms with Crippen molar-refractivity contribution in [2.45, 2.75) is 31.2 Å². The van der Waals surface area contributed by atoms with E-state index >= 15 is 0 Å². The number of aryl methyl sites for hydroxylation is 2. The molecule has 0 saturated carbocycles. The summed E-state index contributed by atoms with van der Waals surface area (Å²) in [6, 6.07) is 17.9. The SMILES string of the molecule is CCc1cccc(C(CSc2ccccc2C)NC)c1. The standard InChI is InChI=1S/C18H23NS/c1-4-15-9-7-10-16(12-15)17(19-3)13-20-18-11-6-5-8-14(18)2/h5-12,17,19H,4,13H2,1-3H3. The van der Waals surface area contributed by atoms with Crippen LogP contribution in [-0.2, 0) is 6.42 Å². The van der Waals surface area contributed by atoms with Gasteiger partial charge in [-0.15, -0.1) is 11.8 Å². The van der Waals surface area contributed by atoms with E-state index in [0.29, 0.717) is 6.04 Å². The molecule has 2 rings (SSSR count). The van der Waals surface area contributed by atoms with Crippen LogP contribution >= 0.6 is 11.8 Å². The van der Waals surface area contributed by atoms with E-state index in [-0.39, 0.29) is 0 Å². The zero-order valence-corrected chi connectivity index (χ0v) is 13.3. The first kappa shape index (κ1) is 15.1. The molecule has 0 radical (unpaired) electrons. The van der Waals surface area contributed by atoms with Gasteiger partial charge in [-0.05, 0) is 43.1 Å². The van der Waals surface area contributed by atoms with Gasteiger partial charge < -0.3 is 5.32 Å². The van der Waals surface area contributed by atoms with Crippen molar-refractivity contribution < 1.29 is 0 Å². The highest BCUT2D eigenvalue weighted by Gasteiger charge is 2.10. The van der Waals surface area contributed by atoms with Gasteiger partial charge >= 0.3 is 0 Å². The van der Waals surface area contributed by atoms with E-state index < -0.39 is 0 Å². The van der Waals surface area contributed by atoms with Crippen LogP contribution in [0.1, 0.15) is 29.7 Å². The summed E-state index contributed by atoms with van der Waals surface area (Å²) in [5, 5.41) is 3.44. The zero-order chi connectivity index (χ0) is 14.4. The number of rotatable bonds is 6. The lowest BCUT2D eigenvalue weighted by Gasteiger charge is -2.17. The maximum atomic E-state index is 3.44. The van der Waals surface area contributed by atoms with E-state index in [1.807, 2.05) is 18.8 Å². The molecule has 0 heterocycles. The Morgan fingerprint density at radius 2 is 1.90 bits per heavy atom. The molecule has 0 bridgehead atoms. The van der Waals surface area contributed by atoms with Crippen LogP contribution in [0.2, 0.25) is 0 Å². The van der Waals surface area contributed by atoms with Crippen molar-refractivity contribution in [3.8, 4) is 0 Å². The summed E-state index contributed by atoms with van der Waals surface area (Å²) in [6.45, 7) is 4.38. The average molecular weight is 285 g/mol. The van der Waals surface area contributed by atoms with E-state index in [1.165, 1.54) is 21.6 Å². The molecule has 0 fully saturated rings. The fourth-order valence-corrected chi connectivity index (χ4v) is 3.44. The molecule has 1 N–H and O–H groups in total. The Labute approximate surface area is 126 Å². The second-order valence-electron chi connectivity index (χ2n) is 5.02. The van der Waals surface area contributed by atoms with Crippen molar-refractivity contribution in [1.82, 2.24) is 5.32 Å². The summed E-state index contributed by atoms with van der Waals surface area (Å²) >= 11 is 1.93. The molecule has 2 aromatic rings. The molecule has 0 aromatic heterocycles. The number of hydrogen-bond acceptors (Lipinski definition) is 2. The minimum Gasteiger partial charge on any atom is -0.312 e. The maximum absolute atomic E-state index is 3.44. The summed E-state index contributed by atoms with van der Waals surface area (Å²) in [6.07, 6.45) is 1.09. The molecule has 106 valence electrons. The van der Waals surface area contributed by atoms with Crippen molar-refractivity contribution >= 4 is 11.8 Å². The van der Waals surface area contributed by atoms with Crippen LogP contribution in [-0.4, -0.2) is 12.8 Å². The van der Waals surface area contributed by atoms with Crippen molar-refractivity contribution in [3.05, 3.63) is 65.2 Å². The fourth-order valence-electron chi connectivity index (χ4n) is 2.27. The lowest BCUT2D eigenvalue weighted by atomic mass is 10.0. The molecule has 0 aliphatic rings. The number of thioether (sulfide) groups is 1. The Bertz CT molecular complexity index is 551. The normalized spacial score (nSPS) is 12.3. The number of hydrogen-bond donors (Lipinski definition) is 1. The molecule has 0 saturated heterocycles. The largest absolute Gasteiger partial charge is 0.312 e. The highest BCUT2D eigenvalue weighted by molar-refractivity contribution is 7.99. The number of nitrogens with one attached hydrogen (secondary N) is 1. The molecule has 0 spiro atoms. The molecule has 0 amide bonds. The lowest BCUT2D eigenvalue weighted by molar-refractivity contribution is 0.661. The number of benzene rings is 2. The Balaban J connectivity index is 2.07. The molecule has 0 aliphatic carbocycles. The van der Waals surface area contributed by atoms with Gasteiger partial charge in [0.15, 0.2) is 0 Å². The maximum Gasteiger partial charge on any atom is 0.0413 e.